The lowest BCUT2D eigenvalue weighted by atomic mass is 10.1. The lowest BCUT2D eigenvalue weighted by molar-refractivity contribution is -0.139. The molecule has 0 aliphatic rings. The molecule has 0 fully saturated rings. The van der Waals surface area contributed by atoms with Crippen LogP contribution in [-0.4, -0.2) is 35.1 Å². The zero-order chi connectivity index (χ0) is 23.5. The summed E-state index contributed by atoms with van der Waals surface area (Å²) < 4.78 is 0. The van der Waals surface area contributed by atoms with Gasteiger partial charge in [0.15, 0.2) is 0 Å². The Labute approximate surface area is 210 Å². The summed E-state index contributed by atoms with van der Waals surface area (Å²) in [4.78, 5) is 27.8. The predicted octanol–water partition coefficient (Wildman–Crippen LogP) is 6.60. The Kier molecular flexibility index (Phi) is 11.7. The molecule has 4 nitrogen and oxygen atoms in total. The van der Waals surface area contributed by atoms with Crippen LogP contribution in [0.15, 0.2) is 42.5 Å². The summed E-state index contributed by atoms with van der Waals surface area (Å²) in [7, 11) is 0. The van der Waals surface area contributed by atoms with Crippen molar-refractivity contribution in [3.05, 3.63) is 68.7 Å². The SMILES string of the molecule is CCCCNC(=O)[C@@H](CC)N(Cc1c(Cl)cccc1Cl)C(=O)CSCc1cccc(Cl)c1. The van der Waals surface area contributed by atoms with Crippen LogP contribution < -0.4 is 5.32 Å². The Hall–Kier alpha value is -1.40. The summed E-state index contributed by atoms with van der Waals surface area (Å²) in [6.45, 7) is 4.73. The number of hydrogen-bond acceptors (Lipinski definition) is 3. The molecule has 0 spiro atoms. The standard InChI is InChI=1S/C24H29Cl3N2O2S/c1-3-5-12-28-24(31)22(4-2)29(14-19-20(26)10-7-11-21(19)27)23(30)16-32-15-17-8-6-9-18(25)13-17/h6-11,13,22H,3-5,12,14-16H2,1-2H3,(H,28,31)/t22-/m1/s1. The minimum absolute atomic E-state index is 0.134. The van der Waals surface area contributed by atoms with E-state index in [9.17, 15) is 9.59 Å². The molecule has 8 heteroatoms. The molecule has 1 N–H and O–H groups in total. The van der Waals surface area contributed by atoms with Gasteiger partial charge < -0.3 is 10.2 Å². The first-order valence-electron chi connectivity index (χ1n) is 10.7. The average molecular weight is 516 g/mol. The van der Waals surface area contributed by atoms with E-state index in [1.54, 1.807) is 23.1 Å². The van der Waals surface area contributed by atoms with E-state index in [1.165, 1.54) is 11.8 Å². The Balaban J connectivity index is 2.17. The van der Waals surface area contributed by atoms with Gasteiger partial charge in [-0.05, 0) is 42.7 Å². The van der Waals surface area contributed by atoms with Gasteiger partial charge in [0.05, 0.1) is 5.75 Å². The second-order valence-corrected chi connectivity index (χ2v) is 9.65. The molecular formula is C24H29Cl3N2O2S. The number of halogens is 3. The molecule has 0 bridgehead atoms. The van der Waals surface area contributed by atoms with Gasteiger partial charge in [-0.1, -0.05) is 73.3 Å². The number of carbonyl (C=O) groups is 2. The Morgan fingerprint density at radius 2 is 1.75 bits per heavy atom. The molecule has 0 unspecified atom stereocenters. The maximum Gasteiger partial charge on any atom is 0.242 e. The van der Waals surface area contributed by atoms with Crippen LogP contribution >= 0.6 is 46.6 Å². The van der Waals surface area contributed by atoms with E-state index in [0.29, 0.717) is 39.3 Å². The minimum Gasteiger partial charge on any atom is -0.354 e. The molecule has 0 aliphatic carbocycles. The van der Waals surface area contributed by atoms with Crippen molar-refractivity contribution in [1.29, 1.82) is 0 Å². The highest BCUT2D eigenvalue weighted by atomic mass is 35.5. The summed E-state index contributed by atoms with van der Waals surface area (Å²) >= 11 is 20.3. The maximum atomic E-state index is 13.3. The number of hydrogen-bond donors (Lipinski definition) is 1. The lowest BCUT2D eigenvalue weighted by Gasteiger charge is -2.31. The van der Waals surface area contributed by atoms with E-state index in [2.05, 4.69) is 12.2 Å². The molecule has 2 amide bonds. The molecule has 2 aromatic carbocycles. The van der Waals surface area contributed by atoms with E-state index in [0.717, 1.165) is 18.4 Å². The minimum atomic E-state index is -0.599. The zero-order valence-corrected chi connectivity index (χ0v) is 21.5. The van der Waals surface area contributed by atoms with Crippen LogP contribution in [0.4, 0.5) is 0 Å². The number of benzene rings is 2. The van der Waals surface area contributed by atoms with Crippen molar-refractivity contribution >= 4 is 58.4 Å². The lowest BCUT2D eigenvalue weighted by Crippen LogP contribution is -2.49. The molecule has 2 rings (SSSR count). The van der Waals surface area contributed by atoms with Crippen molar-refractivity contribution in [2.24, 2.45) is 0 Å². The molecule has 0 radical (unpaired) electrons. The van der Waals surface area contributed by atoms with Gasteiger partial charge in [0, 0.05) is 39.5 Å². The highest BCUT2D eigenvalue weighted by Crippen LogP contribution is 2.27. The summed E-state index contributed by atoms with van der Waals surface area (Å²) in [6.07, 6.45) is 2.36. The number of rotatable bonds is 12. The Morgan fingerprint density at radius 3 is 2.38 bits per heavy atom. The average Bonchev–Trinajstić information content (AvgIpc) is 2.75. The van der Waals surface area contributed by atoms with E-state index >= 15 is 0 Å². The molecule has 174 valence electrons. The van der Waals surface area contributed by atoms with Crippen molar-refractivity contribution in [2.45, 2.75) is 51.4 Å². The van der Waals surface area contributed by atoms with E-state index < -0.39 is 6.04 Å². The second-order valence-electron chi connectivity index (χ2n) is 7.41. The number of unbranched alkanes of at least 4 members (excludes halogenated alkanes) is 1. The molecule has 0 heterocycles. The Morgan fingerprint density at radius 1 is 1.06 bits per heavy atom. The fraction of sp³-hybridized carbons (Fsp3) is 0.417. The summed E-state index contributed by atoms with van der Waals surface area (Å²) in [6, 6.07) is 12.2. The number of nitrogens with one attached hydrogen (secondary N) is 1. The number of thioether (sulfide) groups is 1. The van der Waals surface area contributed by atoms with Gasteiger partial charge in [0.2, 0.25) is 11.8 Å². The van der Waals surface area contributed by atoms with Gasteiger partial charge in [0.1, 0.15) is 6.04 Å². The first-order valence-corrected chi connectivity index (χ1v) is 13.0. The molecule has 0 aliphatic heterocycles. The van der Waals surface area contributed by atoms with Gasteiger partial charge in [-0.15, -0.1) is 11.8 Å². The first-order chi connectivity index (χ1) is 15.4. The summed E-state index contributed by atoms with van der Waals surface area (Å²) in [5.74, 6) is 0.586. The van der Waals surface area contributed by atoms with Crippen LogP contribution in [0, 0.1) is 0 Å². The van der Waals surface area contributed by atoms with E-state index in [-0.39, 0.29) is 24.1 Å². The largest absolute Gasteiger partial charge is 0.354 e. The van der Waals surface area contributed by atoms with Crippen molar-refractivity contribution in [1.82, 2.24) is 10.2 Å². The number of amides is 2. The fourth-order valence-corrected chi connectivity index (χ4v) is 4.83. The van der Waals surface area contributed by atoms with E-state index in [1.807, 2.05) is 31.2 Å². The third-order valence-corrected chi connectivity index (χ3v) is 6.92. The third-order valence-electron chi connectivity index (χ3n) is 4.99. The highest BCUT2D eigenvalue weighted by molar-refractivity contribution is 7.99. The van der Waals surface area contributed by atoms with Gasteiger partial charge in [-0.25, -0.2) is 0 Å². The van der Waals surface area contributed by atoms with Gasteiger partial charge in [-0.3, -0.25) is 9.59 Å². The van der Waals surface area contributed by atoms with Crippen LogP contribution in [0.25, 0.3) is 0 Å². The van der Waals surface area contributed by atoms with Crippen molar-refractivity contribution in [2.75, 3.05) is 12.3 Å². The smallest absolute Gasteiger partial charge is 0.242 e. The van der Waals surface area contributed by atoms with Crippen molar-refractivity contribution in [3.63, 3.8) is 0 Å². The molecule has 1 atom stereocenters. The van der Waals surface area contributed by atoms with Crippen molar-refractivity contribution in [3.8, 4) is 0 Å². The topological polar surface area (TPSA) is 49.4 Å². The molecule has 0 aromatic heterocycles. The number of nitrogens with zero attached hydrogens (tertiary/aromatic N) is 1. The summed E-state index contributed by atoms with van der Waals surface area (Å²) in [5, 5.41) is 4.57. The van der Waals surface area contributed by atoms with Crippen LogP contribution in [0.1, 0.15) is 44.2 Å². The van der Waals surface area contributed by atoms with Gasteiger partial charge in [0.25, 0.3) is 0 Å². The normalized spacial score (nSPS) is 11.8. The quantitative estimate of drug-likeness (QED) is 0.324. The summed E-state index contributed by atoms with van der Waals surface area (Å²) in [5.41, 5.74) is 1.68. The molecule has 0 saturated carbocycles. The van der Waals surface area contributed by atoms with Gasteiger partial charge in [-0.2, -0.15) is 0 Å². The molecular weight excluding hydrogens is 487 g/mol. The highest BCUT2D eigenvalue weighted by Gasteiger charge is 2.29. The van der Waals surface area contributed by atoms with Crippen LogP contribution in [0.5, 0.6) is 0 Å². The van der Waals surface area contributed by atoms with Crippen molar-refractivity contribution < 1.29 is 9.59 Å². The molecule has 2 aromatic rings. The zero-order valence-electron chi connectivity index (χ0n) is 18.4. The predicted molar refractivity (Wildman–Crippen MR) is 137 cm³/mol. The second kappa shape index (κ2) is 14.0. The third kappa shape index (κ3) is 8.18. The van der Waals surface area contributed by atoms with Crippen LogP contribution in [0.3, 0.4) is 0 Å². The fourth-order valence-electron chi connectivity index (χ4n) is 3.25. The first kappa shape index (κ1) is 26.8. The van der Waals surface area contributed by atoms with Crippen LogP contribution in [0.2, 0.25) is 15.1 Å². The number of carbonyl (C=O) groups excluding carboxylic acids is 2. The van der Waals surface area contributed by atoms with Gasteiger partial charge >= 0.3 is 0 Å². The van der Waals surface area contributed by atoms with Crippen LogP contribution in [-0.2, 0) is 21.9 Å². The monoisotopic (exact) mass is 514 g/mol. The molecule has 32 heavy (non-hydrogen) atoms. The Bertz CT molecular complexity index is 890. The van der Waals surface area contributed by atoms with E-state index in [4.69, 9.17) is 34.8 Å². The maximum absolute atomic E-state index is 13.3. The molecule has 0 saturated heterocycles.